The van der Waals surface area contributed by atoms with Gasteiger partial charge in [0.25, 0.3) is 0 Å². The van der Waals surface area contributed by atoms with Crippen LogP contribution in [0.2, 0.25) is 0 Å². The Bertz CT molecular complexity index is 529. The Morgan fingerprint density at radius 1 is 1.33 bits per heavy atom. The fraction of sp³-hybridized carbons (Fsp3) is 0.588. The highest BCUT2D eigenvalue weighted by atomic mass is 79.9. The summed E-state index contributed by atoms with van der Waals surface area (Å²) in [6.45, 7) is 0. The molecule has 2 aliphatic carbocycles. The van der Waals surface area contributed by atoms with Gasteiger partial charge in [-0.25, -0.2) is 4.79 Å². The van der Waals surface area contributed by atoms with Crippen LogP contribution in [0.3, 0.4) is 0 Å². The van der Waals surface area contributed by atoms with Gasteiger partial charge in [-0.2, -0.15) is 0 Å². The fourth-order valence-electron chi connectivity index (χ4n) is 3.68. The van der Waals surface area contributed by atoms with E-state index in [0.717, 1.165) is 35.3 Å². The number of benzene rings is 1. The Hall–Kier alpha value is -1.03. The highest BCUT2D eigenvalue weighted by Gasteiger charge is 2.47. The average molecular weight is 352 g/mol. The van der Waals surface area contributed by atoms with E-state index in [1.165, 1.54) is 26.4 Å². The molecule has 0 spiro atoms. The summed E-state index contributed by atoms with van der Waals surface area (Å²) >= 11 is 3.49. The molecule has 3 rings (SSSR count). The third-order valence-electron chi connectivity index (χ3n) is 4.86. The molecule has 1 aromatic rings. The maximum atomic E-state index is 12.5. The SMILES string of the molecule is COC(=O)C1(Nc2cccc(Br)c2)CCCC(C2CC2)C1. The van der Waals surface area contributed by atoms with Crippen molar-refractivity contribution in [2.45, 2.75) is 44.1 Å². The third-order valence-corrected chi connectivity index (χ3v) is 5.36. The molecule has 0 heterocycles. The van der Waals surface area contributed by atoms with Crippen LogP contribution in [0.1, 0.15) is 38.5 Å². The van der Waals surface area contributed by atoms with Crippen LogP contribution in [-0.4, -0.2) is 18.6 Å². The zero-order valence-electron chi connectivity index (χ0n) is 12.4. The van der Waals surface area contributed by atoms with Crippen molar-refractivity contribution in [1.82, 2.24) is 0 Å². The van der Waals surface area contributed by atoms with Crippen molar-refractivity contribution in [2.75, 3.05) is 12.4 Å². The molecular formula is C17H22BrNO2. The summed E-state index contributed by atoms with van der Waals surface area (Å²) in [6.07, 6.45) is 6.77. The number of esters is 1. The summed E-state index contributed by atoms with van der Waals surface area (Å²) in [7, 11) is 1.49. The lowest BCUT2D eigenvalue weighted by atomic mass is 9.73. The largest absolute Gasteiger partial charge is 0.467 e. The van der Waals surface area contributed by atoms with E-state index in [1.807, 2.05) is 24.3 Å². The molecule has 0 saturated heterocycles. The number of nitrogens with one attached hydrogen (secondary N) is 1. The van der Waals surface area contributed by atoms with E-state index in [4.69, 9.17) is 4.74 Å². The minimum Gasteiger partial charge on any atom is -0.467 e. The number of hydrogen-bond acceptors (Lipinski definition) is 3. The van der Waals surface area contributed by atoms with Crippen molar-refractivity contribution >= 4 is 27.6 Å². The number of carbonyl (C=O) groups is 1. The van der Waals surface area contributed by atoms with E-state index >= 15 is 0 Å². The van der Waals surface area contributed by atoms with E-state index in [9.17, 15) is 4.79 Å². The summed E-state index contributed by atoms with van der Waals surface area (Å²) < 4.78 is 6.15. The van der Waals surface area contributed by atoms with Crippen molar-refractivity contribution in [3.05, 3.63) is 28.7 Å². The van der Waals surface area contributed by atoms with Crippen molar-refractivity contribution in [2.24, 2.45) is 11.8 Å². The monoisotopic (exact) mass is 351 g/mol. The lowest BCUT2D eigenvalue weighted by Crippen LogP contribution is -2.50. The minimum absolute atomic E-state index is 0.118. The standard InChI is InChI=1S/C17H22BrNO2/c1-21-16(20)17(19-15-6-2-5-14(18)10-15)9-3-4-13(11-17)12-7-8-12/h2,5-6,10,12-13,19H,3-4,7-9,11H2,1H3. The van der Waals surface area contributed by atoms with Gasteiger partial charge in [0.2, 0.25) is 0 Å². The zero-order chi connectivity index (χ0) is 14.9. The van der Waals surface area contributed by atoms with Gasteiger partial charge in [-0.15, -0.1) is 0 Å². The molecule has 4 heteroatoms. The smallest absolute Gasteiger partial charge is 0.331 e. The topological polar surface area (TPSA) is 38.3 Å². The molecule has 1 aromatic carbocycles. The number of carbonyl (C=O) groups excluding carboxylic acids is 1. The Balaban J connectivity index is 1.83. The number of ether oxygens (including phenoxy) is 1. The van der Waals surface area contributed by atoms with Crippen LogP contribution in [0.4, 0.5) is 5.69 Å². The number of hydrogen-bond donors (Lipinski definition) is 1. The molecule has 0 amide bonds. The minimum atomic E-state index is -0.555. The predicted molar refractivity (Wildman–Crippen MR) is 87.2 cm³/mol. The number of methoxy groups -OCH3 is 1. The van der Waals surface area contributed by atoms with Crippen LogP contribution >= 0.6 is 15.9 Å². The number of anilines is 1. The van der Waals surface area contributed by atoms with Gasteiger partial charge in [-0.1, -0.05) is 28.4 Å². The first-order valence-electron chi connectivity index (χ1n) is 7.75. The highest BCUT2D eigenvalue weighted by Crippen LogP contribution is 2.47. The van der Waals surface area contributed by atoms with Crippen LogP contribution in [0.5, 0.6) is 0 Å². The van der Waals surface area contributed by atoms with Crippen molar-refractivity contribution in [3.8, 4) is 0 Å². The summed E-state index contributed by atoms with van der Waals surface area (Å²) in [5.74, 6) is 1.38. The van der Waals surface area contributed by atoms with Crippen molar-refractivity contribution in [1.29, 1.82) is 0 Å². The number of halogens is 1. The molecule has 1 N–H and O–H groups in total. The molecule has 21 heavy (non-hydrogen) atoms. The van der Waals surface area contributed by atoms with Gasteiger partial charge in [0, 0.05) is 10.2 Å². The van der Waals surface area contributed by atoms with Gasteiger partial charge in [0.15, 0.2) is 0 Å². The molecule has 3 nitrogen and oxygen atoms in total. The molecule has 0 aliphatic heterocycles. The molecular weight excluding hydrogens is 330 g/mol. The zero-order valence-corrected chi connectivity index (χ0v) is 14.0. The molecule has 0 aromatic heterocycles. The first kappa shape index (κ1) is 14.9. The predicted octanol–water partition coefficient (Wildman–Crippen LogP) is 4.37. The van der Waals surface area contributed by atoms with Crippen molar-refractivity contribution < 1.29 is 9.53 Å². The molecule has 2 unspecified atom stereocenters. The second-order valence-electron chi connectivity index (χ2n) is 6.40. The van der Waals surface area contributed by atoms with Gasteiger partial charge in [-0.3, -0.25) is 0 Å². The molecule has 114 valence electrons. The maximum Gasteiger partial charge on any atom is 0.331 e. The van der Waals surface area contributed by atoms with Gasteiger partial charge >= 0.3 is 5.97 Å². The van der Waals surface area contributed by atoms with Crippen LogP contribution < -0.4 is 5.32 Å². The molecule has 0 radical (unpaired) electrons. The second kappa shape index (κ2) is 5.99. The summed E-state index contributed by atoms with van der Waals surface area (Å²) in [6, 6.07) is 8.00. The van der Waals surface area contributed by atoms with Crippen LogP contribution in [-0.2, 0) is 9.53 Å². The molecule has 2 aliphatic rings. The second-order valence-corrected chi connectivity index (χ2v) is 7.32. The van der Waals surface area contributed by atoms with Gasteiger partial charge in [-0.05, 0) is 62.1 Å². The lowest BCUT2D eigenvalue weighted by molar-refractivity contribution is -0.148. The summed E-state index contributed by atoms with van der Waals surface area (Å²) in [5.41, 5.74) is 0.423. The van der Waals surface area contributed by atoms with Crippen LogP contribution in [0.25, 0.3) is 0 Å². The van der Waals surface area contributed by atoms with Gasteiger partial charge in [0.1, 0.15) is 5.54 Å². The van der Waals surface area contributed by atoms with E-state index < -0.39 is 5.54 Å². The van der Waals surface area contributed by atoms with Crippen LogP contribution in [0, 0.1) is 11.8 Å². The third kappa shape index (κ3) is 3.25. The lowest BCUT2D eigenvalue weighted by Gasteiger charge is -2.40. The Kier molecular flexibility index (Phi) is 4.25. The maximum absolute atomic E-state index is 12.5. The summed E-state index contributed by atoms with van der Waals surface area (Å²) in [4.78, 5) is 12.5. The molecule has 2 saturated carbocycles. The van der Waals surface area contributed by atoms with E-state index in [2.05, 4.69) is 21.2 Å². The van der Waals surface area contributed by atoms with Gasteiger partial charge < -0.3 is 10.1 Å². The molecule has 2 fully saturated rings. The van der Waals surface area contributed by atoms with E-state index in [-0.39, 0.29) is 5.97 Å². The first-order valence-corrected chi connectivity index (χ1v) is 8.54. The first-order chi connectivity index (χ1) is 10.1. The average Bonchev–Trinajstić information content (AvgIpc) is 3.31. The normalized spacial score (nSPS) is 29.0. The fourth-order valence-corrected chi connectivity index (χ4v) is 4.07. The van der Waals surface area contributed by atoms with Crippen molar-refractivity contribution in [3.63, 3.8) is 0 Å². The quantitative estimate of drug-likeness (QED) is 0.818. The Morgan fingerprint density at radius 2 is 2.14 bits per heavy atom. The number of rotatable bonds is 4. The van der Waals surface area contributed by atoms with Gasteiger partial charge in [0.05, 0.1) is 7.11 Å². The van der Waals surface area contributed by atoms with E-state index in [0.29, 0.717) is 5.92 Å². The Morgan fingerprint density at radius 3 is 2.81 bits per heavy atom. The Labute approximate surface area is 134 Å². The highest BCUT2D eigenvalue weighted by molar-refractivity contribution is 9.10. The molecule has 2 atom stereocenters. The van der Waals surface area contributed by atoms with Crippen LogP contribution in [0.15, 0.2) is 28.7 Å². The van der Waals surface area contributed by atoms with E-state index in [1.54, 1.807) is 0 Å². The summed E-state index contributed by atoms with van der Waals surface area (Å²) in [5, 5.41) is 3.49. The molecule has 0 bridgehead atoms.